The van der Waals surface area contributed by atoms with E-state index in [9.17, 15) is 8.42 Å². The van der Waals surface area contributed by atoms with Crippen molar-refractivity contribution in [2.75, 3.05) is 13.1 Å². The molecule has 0 saturated carbocycles. The number of sulfonamides is 1. The third-order valence-electron chi connectivity index (χ3n) is 2.51. The third kappa shape index (κ3) is 4.35. The van der Waals surface area contributed by atoms with Crippen molar-refractivity contribution in [3.63, 3.8) is 0 Å². The molecule has 1 atom stereocenters. The fraction of sp³-hybridized carbons (Fsp3) is 0.500. The molecule has 0 spiro atoms. The smallest absolute Gasteiger partial charge is 0.241 e. The summed E-state index contributed by atoms with van der Waals surface area (Å²) in [5.74, 6) is 0. The van der Waals surface area contributed by atoms with Crippen LogP contribution in [0.2, 0.25) is 0 Å². The van der Waals surface area contributed by atoms with E-state index < -0.39 is 10.0 Å². The molecule has 0 unspecified atom stereocenters. The maximum absolute atomic E-state index is 12.1. The molecule has 0 bridgehead atoms. The van der Waals surface area contributed by atoms with Gasteiger partial charge < -0.3 is 5.32 Å². The Kier molecular flexibility index (Phi) is 5.78. The number of rotatable bonds is 6. The van der Waals surface area contributed by atoms with Gasteiger partial charge in [-0.1, -0.05) is 13.0 Å². The van der Waals surface area contributed by atoms with Gasteiger partial charge in [0, 0.05) is 17.1 Å². The molecule has 4 nitrogen and oxygen atoms in total. The van der Waals surface area contributed by atoms with Gasteiger partial charge in [-0.15, -0.1) is 0 Å². The summed E-state index contributed by atoms with van der Waals surface area (Å²) in [6.45, 7) is 6.99. The highest BCUT2D eigenvalue weighted by Gasteiger charge is 2.18. The first-order valence-electron chi connectivity index (χ1n) is 5.86. The molecule has 0 aliphatic heterocycles. The van der Waals surface area contributed by atoms with Crippen LogP contribution in [0.3, 0.4) is 0 Å². The molecule has 0 heterocycles. The average Bonchev–Trinajstić information content (AvgIpc) is 2.30. The normalized spacial score (nSPS) is 13.6. The van der Waals surface area contributed by atoms with Crippen LogP contribution in [0.4, 0.5) is 0 Å². The van der Waals surface area contributed by atoms with E-state index in [0.29, 0.717) is 11.0 Å². The monoisotopic (exact) mass is 334 g/mol. The molecule has 1 aromatic carbocycles. The van der Waals surface area contributed by atoms with E-state index >= 15 is 0 Å². The maximum atomic E-state index is 12.1. The number of halogens is 1. The molecule has 0 aromatic heterocycles. The van der Waals surface area contributed by atoms with Crippen molar-refractivity contribution < 1.29 is 8.42 Å². The molecule has 2 N–H and O–H groups in total. The van der Waals surface area contributed by atoms with Crippen LogP contribution in [-0.4, -0.2) is 27.5 Å². The van der Waals surface area contributed by atoms with Gasteiger partial charge in [-0.05, 0) is 54.0 Å². The van der Waals surface area contributed by atoms with Crippen molar-refractivity contribution in [1.29, 1.82) is 0 Å². The average molecular weight is 335 g/mol. The maximum Gasteiger partial charge on any atom is 0.241 e. The lowest BCUT2D eigenvalue weighted by atomic mass is 10.2. The molecule has 1 rings (SSSR count). The number of aryl methyl sites for hydroxylation is 1. The van der Waals surface area contributed by atoms with Crippen molar-refractivity contribution >= 4 is 26.0 Å². The summed E-state index contributed by atoms with van der Waals surface area (Å²) in [5, 5.41) is 3.16. The first-order chi connectivity index (χ1) is 8.36. The summed E-state index contributed by atoms with van der Waals surface area (Å²) in [7, 11) is -3.46. The highest BCUT2D eigenvalue weighted by molar-refractivity contribution is 9.10. The van der Waals surface area contributed by atoms with E-state index in [0.717, 1.165) is 12.1 Å². The second kappa shape index (κ2) is 6.65. The first-order valence-corrected chi connectivity index (χ1v) is 8.13. The van der Waals surface area contributed by atoms with Crippen LogP contribution in [0, 0.1) is 6.92 Å². The Bertz CT molecular complexity index is 503. The Morgan fingerprint density at radius 1 is 1.39 bits per heavy atom. The Balaban J connectivity index is 2.83. The zero-order chi connectivity index (χ0) is 13.8. The second-order valence-electron chi connectivity index (χ2n) is 4.24. The minimum Gasteiger partial charge on any atom is -0.313 e. The molecule has 102 valence electrons. The molecule has 0 aliphatic rings. The Labute approximate surface area is 117 Å². The predicted molar refractivity (Wildman–Crippen MR) is 77.2 cm³/mol. The van der Waals surface area contributed by atoms with Crippen LogP contribution in [0.25, 0.3) is 0 Å². The molecule has 0 amide bonds. The van der Waals surface area contributed by atoms with E-state index in [1.807, 2.05) is 26.8 Å². The molecule has 1 aromatic rings. The van der Waals surface area contributed by atoms with Crippen molar-refractivity contribution in [2.45, 2.75) is 31.7 Å². The summed E-state index contributed by atoms with van der Waals surface area (Å²) < 4.78 is 27.5. The predicted octanol–water partition coefficient (Wildman–Crippen LogP) is 2.03. The van der Waals surface area contributed by atoms with Gasteiger partial charge in [0.15, 0.2) is 0 Å². The van der Waals surface area contributed by atoms with Gasteiger partial charge in [-0.25, -0.2) is 13.1 Å². The number of nitrogens with one attached hydrogen (secondary N) is 2. The number of hydrogen-bond acceptors (Lipinski definition) is 3. The van der Waals surface area contributed by atoms with Crippen LogP contribution in [0.15, 0.2) is 27.6 Å². The standard InChI is InChI=1S/C12H19BrN2O2S/c1-4-14-10(3)8-15-18(16,17)12-7-9(2)5-6-11(12)13/h5-7,10,14-15H,4,8H2,1-3H3/t10-/m1/s1. The largest absolute Gasteiger partial charge is 0.313 e. The number of benzene rings is 1. The van der Waals surface area contributed by atoms with Crippen molar-refractivity contribution in [3.05, 3.63) is 28.2 Å². The van der Waals surface area contributed by atoms with Crippen LogP contribution in [-0.2, 0) is 10.0 Å². The van der Waals surface area contributed by atoms with Gasteiger partial charge in [-0.2, -0.15) is 0 Å². The zero-order valence-corrected chi connectivity index (χ0v) is 13.2. The Hall–Kier alpha value is -0.430. The number of hydrogen-bond donors (Lipinski definition) is 2. The SMILES string of the molecule is CCN[C@H](C)CNS(=O)(=O)c1cc(C)ccc1Br. The quantitative estimate of drug-likeness (QED) is 0.836. The molecule has 0 saturated heterocycles. The van der Waals surface area contributed by atoms with Gasteiger partial charge in [0.1, 0.15) is 0 Å². The second-order valence-corrected chi connectivity index (χ2v) is 6.83. The molecular formula is C12H19BrN2O2S. The lowest BCUT2D eigenvalue weighted by molar-refractivity contribution is 0.536. The summed E-state index contributed by atoms with van der Waals surface area (Å²) >= 11 is 3.27. The van der Waals surface area contributed by atoms with E-state index in [4.69, 9.17) is 0 Å². The third-order valence-corrected chi connectivity index (χ3v) is 4.93. The molecule has 0 aliphatic carbocycles. The molecule has 18 heavy (non-hydrogen) atoms. The Morgan fingerprint density at radius 2 is 2.06 bits per heavy atom. The van der Waals surface area contributed by atoms with Crippen LogP contribution >= 0.6 is 15.9 Å². The van der Waals surface area contributed by atoms with E-state index in [1.54, 1.807) is 12.1 Å². The minimum atomic E-state index is -3.46. The van der Waals surface area contributed by atoms with Gasteiger partial charge >= 0.3 is 0 Å². The van der Waals surface area contributed by atoms with E-state index in [2.05, 4.69) is 26.0 Å². The summed E-state index contributed by atoms with van der Waals surface area (Å²) in [6.07, 6.45) is 0. The Morgan fingerprint density at radius 3 is 2.67 bits per heavy atom. The topological polar surface area (TPSA) is 58.2 Å². The zero-order valence-electron chi connectivity index (χ0n) is 10.8. The lowest BCUT2D eigenvalue weighted by Crippen LogP contribution is -2.38. The highest BCUT2D eigenvalue weighted by Crippen LogP contribution is 2.22. The van der Waals surface area contributed by atoms with Crippen molar-refractivity contribution in [2.24, 2.45) is 0 Å². The fourth-order valence-corrected chi connectivity index (χ4v) is 3.73. The molecule has 6 heteroatoms. The summed E-state index contributed by atoms with van der Waals surface area (Å²) in [5.41, 5.74) is 0.915. The summed E-state index contributed by atoms with van der Waals surface area (Å²) in [6, 6.07) is 5.38. The molecular weight excluding hydrogens is 316 g/mol. The van der Waals surface area contributed by atoms with Gasteiger partial charge in [0.2, 0.25) is 10.0 Å². The van der Waals surface area contributed by atoms with Crippen LogP contribution in [0.5, 0.6) is 0 Å². The van der Waals surface area contributed by atoms with Gasteiger partial charge in [0.25, 0.3) is 0 Å². The van der Waals surface area contributed by atoms with Gasteiger partial charge in [-0.3, -0.25) is 0 Å². The van der Waals surface area contributed by atoms with Gasteiger partial charge in [0.05, 0.1) is 4.90 Å². The summed E-state index contributed by atoms with van der Waals surface area (Å²) in [4.78, 5) is 0.284. The fourth-order valence-electron chi connectivity index (χ4n) is 1.55. The number of likely N-dealkylation sites (N-methyl/N-ethyl adjacent to an activating group) is 1. The minimum absolute atomic E-state index is 0.105. The van der Waals surface area contributed by atoms with Crippen molar-refractivity contribution in [1.82, 2.24) is 10.0 Å². The molecule has 0 fully saturated rings. The van der Waals surface area contributed by atoms with Crippen molar-refractivity contribution in [3.8, 4) is 0 Å². The van der Waals surface area contributed by atoms with E-state index in [1.165, 1.54) is 0 Å². The first kappa shape index (κ1) is 15.6. The highest BCUT2D eigenvalue weighted by atomic mass is 79.9. The lowest BCUT2D eigenvalue weighted by Gasteiger charge is -2.14. The van der Waals surface area contributed by atoms with Crippen LogP contribution in [0.1, 0.15) is 19.4 Å². The van der Waals surface area contributed by atoms with E-state index in [-0.39, 0.29) is 10.9 Å². The molecule has 0 radical (unpaired) electrons. The van der Waals surface area contributed by atoms with Crippen LogP contribution < -0.4 is 10.0 Å².